The zero-order valence-corrected chi connectivity index (χ0v) is 14.4. The molecule has 0 aliphatic heterocycles. The smallest absolute Gasteiger partial charge is 0.332 e. The second-order valence-electron chi connectivity index (χ2n) is 5.28. The Kier molecular flexibility index (Phi) is 5.11. The number of carbonyl (C=O) groups is 1. The fraction of sp³-hybridized carbons (Fsp3) is 0.235. The average molecular weight is 345 g/mol. The molecule has 0 unspecified atom stereocenters. The number of nitrogens with zero attached hydrogens (tertiary/aromatic N) is 2. The van der Waals surface area contributed by atoms with Crippen LogP contribution in [0.4, 0.5) is 5.82 Å². The van der Waals surface area contributed by atoms with Gasteiger partial charge < -0.3 is 15.2 Å². The van der Waals surface area contributed by atoms with Crippen LogP contribution in [-0.2, 0) is 14.1 Å². The van der Waals surface area contributed by atoms with Crippen molar-refractivity contribution in [2.75, 3.05) is 20.0 Å². The normalized spacial score (nSPS) is 10.9. The lowest BCUT2D eigenvalue weighted by Crippen LogP contribution is -2.41. The van der Waals surface area contributed by atoms with Crippen LogP contribution in [0.1, 0.15) is 15.9 Å². The summed E-state index contributed by atoms with van der Waals surface area (Å²) < 4.78 is 12.2. The van der Waals surface area contributed by atoms with Gasteiger partial charge in [0.2, 0.25) is 0 Å². The lowest BCUT2D eigenvalue weighted by molar-refractivity contribution is 0.104. The summed E-state index contributed by atoms with van der Waals surface area (Å²) in [4.78, 5) is 36.4. The van der Waals surface area contributed by atoms with Crippen molar-refractivity contribution in [2.45, 2.75) is 0 Å². The van der Waals surface area contributed by atoms with Crippen LogP contribution < -0.4 is 26.5 Å². The van der Waals surface area contributed by atoms with Crippen LogP contribution in [-0.4, -0.2) is 29.1 Å². The van der Waals surface area contributed by atoms with Gasteiger partial charge in [-0.3, -0.25) is 18.7 Å². The standard InChI is InChI=1S/C17H19N3O5/c1-19-15(18)14(16(22)20(2)17(19)23)11(21)7-5-10-6-8-12(24-3)13(9-10)25-4/h5-9H,18H2,1-4H3/b7-5+. The van der Waals surface area contributed by atoms with Gasteiger partial charge in [0.25, 0.3) is 5.56 Å². The van der Waals surface area contributed by atoms with Crippen molar-refractivity contribution in [3.8, 4) is 11.5 Å². The van der Waals surface area contributed by atoms with E-state index >= 15 is 0 Å². The van der Waals surface area contributed by atoms with Gasteiger partial charge in [-0.1, -0.05) is 12.1 Å². The molecule has 0 atom stereocenters. The molecular formula is C17H19N3O5. The molecular weight excluding hydrogens is 326 g/mol. The highest BCUT2D eigenvalue weighted by atomic mass is 16.5. The lowest BCUT2D eigenvalue weighted by atomic mass is 10.1. The maximum Gasteiger partial charge on any atom is 0.332 e. The van der Waals surface area contributed by atoms with E-state index in [0.717, 1.165) is 9.13 Å². The number of hydrogen-bond acceptors (Lipinski definition) is 6. The summed E-state index contributed by atoms with van der Waals surface area (Å²) in [5.74, 6) is 0.301. The highest BCUT2D eigenvalue weighted by molar-refractivity contribution is 6.09. The largest absolute Gasteiger partial charge is 0.493 e. The number of ketones is 1. The molecule has 0 spiro atoms. The fourth-order valence-corrected chi connectivity index (χ4v) is 2.30. The van der Waals surface area contributed by atoms with Gasteiger partial charge in [-0.2, -0.15) is 0 Å². The molecule has 2 rings (SSSR count). The summed E-state index contributed by atoms with van der Waals surface area (Å²) in [5, 5.41) is 0. The molecule has 8 nitrogen and oxygen atoms in total. The number of nitrogens with two attached hydrogens (primary N) is 1. The monoisotopic (exact) mass is 345 g/mol. The molecule has 8 heteroatoms. The number of rotatable bonds is 5. The summed E-state index contributed by atoms with van der Waals surface area (Å²) in [6.45, 7) is 0. The van der Waals surface area contributed by atoms with Crippen molar-refractivity contribution in [1.29, 1.82) is 0 Å². The summed E-state index contributed by atoms with van der Waals surface area (Å²) in [6.07, 6.45) is 2.74. The topological polar surface area (TPSA) is 106 Å². The molecule has 0 aliphatic carbocycles. The predicted octanol–water partition coefficient (Wildman–Crippen LogP) is 0.579. The van der Waals surface area contributed by atoms with Gasteiger partial charge in [-0.05, 0) is 23.8 Å². The quantitative estimate of drug-likeness (QED) is 0.628. The average Bonchev–Trinajstić information content (AvgIpc) is 2.62. The van der Waals surface area contributed by atoms with Crippen LogP contribution in [0, 0.1) is 0 Å². The maximum atomic E-state index is 12.4. The maximum absolute atomic E-state index is 12.4. The first-order valence-electron chi connectivity index (χ1n) is 7.31. The number of methoxy groups -OCH3 is 2. The Morgan fingerprint density at radius 1 is 1.08 bits per heavy atom. The van der Waals surface area contributed by atoms with E-state index in [1.165, 1.54) is 40.5 Å². The van der Waals surface area contributed by atoms with Crippen molar-refractivity contribution in [3.05, 3.63) is 56.2 Å². The highest BCUT2D eigenvalue weighted by Crippen LogP contribution is 2.28. The highest BCUT2D eigenvalue weighted by Gasteiger charge is 2.18. The second kappa shape index (κ2) is 7.08. The number of carbonyl (C=O) groups excluding carboxylic acids is 1. The number of nitrogen functional groups attached to an aromatic ring is 1. The van der Waals surface area contributed by atoms with Crippen LogP contribution in [0.3, 0.4) is 0 Å². The molecule has 0 fully saturated rings. The van der Waals surface area contributed by atoms with E-state index < -0.39 is 17.0 Å². The molecule has 0 radical (unpaired) electrons. The lowest BCUT2D eigenvalue weighted by Gasteiger charge is -2.09. The summed E-state index contributed by atoms with van der Waals surface area (Å²) in [6, 6.07) is 5.11. The van der Waals surface area contributed by atoms with E-state index in [-0.39, 0.29) is 11.4 Å². The van der Waals surface area contributed by atoms with Crippen LogP contribution in [0.5, 0.6) is 11.5 Å². The van der Waals surface area contributed by atoms with Crippen LogP contribution in [0.25, 0.3) is 6.08 Å². The Bertz CT molecular complexity index is 969. The minimum Gasteiger partial charge on any atom is -0.493 e. The minimum absolute atomic E-state index is 0.171. The molecule has 0 saturated carbocycles. The summed E-state index contributed by atoms with van der Waals surface area (Å²) in [5.41, 5.74) is 4.86. The van der Waals surface area contributed by atoms with Gasteiger partial charge in [-0.15, -0.1) is 0 Å². The Morgan fingerprint density at radius 3 is 2.32 bits per heavy atom. The molecule has 0 aliphatic rings. The van der Waals surface area contributed by atoms with Gasteiger partial charge in [-0.25, -0.2) is 4.79 Å². The molecule has 0 bridgehead atoms. The third-order valence-electron chi connectivity index (χ3n) is 3.79. The SMILES string of the molecule is COc1ccc(/C=C/C(=O)c2c(N)n(C)c(=O)n(C)c2=O)cc1OC. The molecule has 2 N–H and O–H groups in total. The zero-order valence-electron chi connectivity index (χ0n) is 14.4. The third kappa shape index (κ3) is 3.32. The van der Waals surface area contributed by atoms with Crippen molar-refractivity contribution in [3.63, 3.8) is 0 Å². The number of aromatic nitrogens is 2. The molecule has 2 aromatic rings. The van der Waals surface area contributed by atoms with E-state index in [9.17, 15) is 14.4 Å². The fourth-order valence-electron chi connectivity index (χ4n) is 2.30. The van der Waals surface area contributed by atoms with E-state index in [1.807, 2.05) is 0 Å². The first-order valence-corrected chi connectivity index (χ1v) is 7.31. The Morgan fingerprint density at radius 2 is 1.72 bits per heavy atom. The molecule has 0 saturated heterocycles. The molecule has 132 valence electrons. The molecule has 25 heavy (non-hydrogen) atoms. The van der Waals surface area contributed by atoms with E-state index in [4.69, 9.17) is 15.2 Å². The van der Waals surface area contributed by atoms with E-state index in [0.29, 0.717) is 17.1 Å². The molecule has 1 heterocycles. The molecule has 0 amide bonds. The Labute approximate surface area is 143 Å². The van der Waals surface area contributed by atoms with Crippen molar-refractivity contribution >= 4 is 17.7 Å². The third-order valence-corrected chi connectivity index (χ3v) is 3.79. The minimum atomic E-state index is -0.734. The number of anilines is 1. The second-order valence-corrected chi connectivity index (χ2v) is 5.28. The van der Waals surface area contributed by atoms with Gasteiger partial charge in [0.05, 0.1) is 14.2 Å². The van der Waals surface area contributed by atoms with Crippen LogP contribution >= 0.6 is 0 Å². The van der Waals surface area contributed by atoms with Gasteiger partial charge in [0, 0.05) is 14.1 Å². The Hall–Kier alpha value is -3.29. The number of benzene rings is 1. The number of ether oxygens (including phenoxy) is 2. The first kappa shape index (κ1) is 18.1. The zero-order chi connectivity index (χ0) is 18.7. The van der Waals surface area contributed by atoms with Crippen molar-refractivity contribution in [1.82, 2.24) is 9.13 Å². The molecule has 1 aromatic heterocycles. The van der Waals surface area contributed by atoms with Gasteiger partial charge in [0.15, 0.2) is 17.3 Å². The van der Waals surface area contributed by atoms with Gasteiger partial charge >= 0.3 is 5.69 Å². The Balaban J connectivity index is 2.43. The molecule has 1 aromatic carbocycles. The van der Waals surface area contributed by atoms with Crippen molar-refractivity contribution in [2.24, 2.45) is 14.1 Å². The van der Waals surface area contributed by atoms with Gasteiger partial charge in [0.1, 0.15) is 11.4 Å². The van der Waals surface area contributed by atoms with Crippen LogP contribution in [0.2, 0.25) is 0 Å². The summed E-state index contributed by atoms with van der Waals surface area (Å²) >= 11 is 0. The number of allylic oxidation sites excluding steroid dienone is 1. The number of hydrogen-bond donors (Lipinski definition) is 1. The van der Waals surface area contributed by atoms with Crippen LogP contribution in [0.15, 0.2) is 33.9 Å². The van der Waals surface area contributed by atoms with E-state index in [1.54, 1.807) is 18.2 Å². The summed E-state index contributed by atoms with van der Waals surface area (Å²) in [7, 11) is 5.71. The predicted molar refractivity (Wildman–Crippen MR) is 94.2 cm³/mol. The first-order chi connectivity index (χ1) is 11.8. The van der Waals surface area contributed by atoms with Crippen molar-refractivity contribution < 1.29 is 14.3 Å². The van der Waals surface area contributed by atoms with E-state index in [2.05, 4.69) is 0 Å².